The van der Waals surface area contributed by atoms with Gasteiger partial charge in [-0.15, -0.1) is 0 Å². The van der Waals surface area contributed by atoms with Crippen LogP contribution in [0.2, 0.25) is 0 Å². The van der Waals surface area contributed by atoms with Crippen molar-refractivity contribution in [1.29, 1.82) is 0 Å². The average Bonchev–Trinajstić information content (AvgIpc) is 2.68. The summed E-state index contributed by atoms with van der Waals surface area (Å²) in [6, 6.07) is 4.56. The van der Waals surface area contributed by atoms with E-state index in [-0.39, 0.29) is 37.0 Å². The Labute approximate surface area is 135 Å². The van der Waals surface area contributed by atoms with E-state index in [1.807, 2.05) is 0 Å². The fourth-order valence-electron chi connectivity index (χ4n) is 2.28. The quantitative estimate of drug-likeness (QED) is 0.850. The van der Waals surface area contributed by atoms with Gasteiger partial charge in [0.2, 0.25) is 5.91 Å². The number of para-hydroxylation sites is 1. The third kappa shape index (κ3) is 3.95. The van der Waals surface area contributed by atoms with Crippen LogP contribution in [0.5, 0.6) is 5.75 Å². The molecule has 0 radical (unpaired) electrons. The number of hydrogen-bond donors (Lipinski definition) is 1. The van der Waals surface area contributed by atoms with E-state index in [2.05, 4.69) is 10.1 Å². The molecular weight excluding hydrogens is 332 g/mol. The second kappa shape index (κ2) is 7.06. The number of nitrogens with zero attached hydrogens (tertiary/aromatic N) is 1. The van der Waals surface area contributed by atoms with Crippen LogP contribution in [-0.4, -0.2) is 48.4 Å². The molecule has 1 unspecified atom stereocenters. The Morgan fingerprint density at radius 3 is 2.71 bits per heavy atom. The van der Waals surface area contributed by atoms with Crippen LogP contribution in [0.3, 0.4) is 0 Å². The lowest BCUT2D eigenvalue weighted by atomic mass is 10.1. The molecule has 1 aromatic carbocycles. The molecule has 9 heteroatoms. The number of benzene rings is 1. The first-order valence-corrected chi connectivity index (χ1v) is 7.24. The molecule has 0 bridgehead atoms. The van der Waals surface area contributed by atoms with Crippen molar-refractivity contribution in [3.05, 3.63) is 29.8 Å². The number of carbonyl (C=O) groups excluding carboxylic acids is 2. The summed E-state index contributed by atoms with van der Waals surface area (Å²) in [4.78, 5) is 25.3. The van der Waals surface area contributed by atoms with Crippen LogP contribution in [0.25, 0.3) is 0 Å². The molecule has 1 aliphatic rings. The van der Waals surface area contributed by atoms with Crippen molar-refractivity contribution in [2.75, 3.05) is 13.1 Å². The molecule has 0 aliphatic carbocycles. The Balaban J connectivity index is 2.28. The van der Waals surface area contributed by atoms with E-state index in [9.17, 15) is 27.2 Å². The Bertz CT molecular complexity index is 624. The van der Waals surface area contributed by atoms with Gasteiger partial charge in [0.1, 0.15) is 5.75 Å². The van der Waals surface area contributed by atoms with Gasteiger partial charge in [-0.25, -0.2) is 0 Å². The number of rotatable bonds is 4. The van der Waals surface area contributed by atoms with Crippen LogP contribution in [-0.2, 0) is 4.79 Å². The molecule has 2 rings (SSSR count). The van der Waals surface area contributed by atoms with Gasteiger partial charge >= 0.3 is 12.5 Å². The lowest BCUT2D eigenvalue weighted by Gasteiger charge is -2.27. The van der Waals surface area contributed by atoms with Crippen molar-refractivity contribution in [1.82, 2.24) is 10.2 Å². The normalized spacial score (nSPS) is 19.0. The number of halogens is 4. The first-order valence-electron chi connectivity index (χ1n) is 7.24. The summed E-state index contributed by atoms with van der Waals surface area (Å²) in [6.07, 6.45) is -8.68. The molecule has 132 valence electrons. The predicted molar refractivity (Wildman–Crippen MR) is 76.1 cm³/mol. The highest BCUT2D eigenvalue weighted by atomic mass is 19.3. The Morgan fingerprint density at radius 1 is 1.38 bits per heavy atom. The lowest BCUT2D eigenvalue weighted by Crippen LogP contribution is -2.42. The molecule has 1 N–H and O–H groups in total. The largest absolute Gasteiger partial charge is 0.461 e. The van der Waals surface area contributed by atoms with Crippen molar-refractivity contribution in [2.45, 2.75) is 31.9 Å². The van der Waals surface area contributed by atoms with Crippen molar-refractivity contribution in [3.63, 3.8) is 0 Å². The lowest BCUT2D eigenvalue weighted by molar-refractivity contribution is -0.253. The van der Waals surface area contributed by atoms with E-state index in [1.54, 1.807) is 6.92 Å². The first-order chi connectivity index (χ1) is 11.2. The van der Waals surface area contributed by atoms with Gasteiger partial charge < -0.3 is 15.0 Å². The monoisotopic (exact) mass is 348 g/mol. The zero-order valence-corrected chi connectivity index (χ0v) is 12.8. The zero-order valence-electron chi connectivity index (χ0n) is 12.8. The maximum Gasteiger partial charge on any atom is 0.461 e. The minimum atomic E-state index is -4.71. The Hall–Kier alpha value is -2.32. The molecule has 1 fully saturated rings. The summed E-state index contributed by atoms with van der Waals surface area (Å²) >= 11 is 0. The second-order valence-corrected chi connectivity index (χ2v) is 5.36. The van der Waals surface area contributed by atoms with Crippen molar-refractivity contribution >= 4 is 11.8 Å². The SMILES string of the molecule is CC1CNC(=O)CCN1C(=O)c1ccccc1OC(F)(F)C(F)F. The van der Waals surface area contributed by atoms with Gasteiger partial charge in [-0.3, -0.25) is 9.59 Å². The van der Waals surface area contributed by atoms with Crippen LogP contribution < -0.4 is 10.1 Å². The molecule has 1 atom stereocenters. The van der Waals surface area contributed by atoms with Crippen LogP contribution in [0.15, 0.2) is 24.3 Å². The summed E-state index contributed by atoms with van der Waals surface area (Å²) in [5, 5.41) is 2.62. The third-order valence-corrected chi connectivity index (χ3v) is 3.58. The number of alkyl halides is 4. The van der Waals surface area contributed by atoms with Crippen LogP contribution in [0.4, 0.5) is 17.6 Å². The van der Waals surface area contributed by atoms with E-state index in [0.29, 0.717) is 0 Å². The smallest absolute Gasteiger partial charge is 0.427 e. The maximum atomic E-state index is 13.2. The summed E-state index contributed by atoms with van der Waals surface area (Å²) in [5.74, 6) is -1.53. The standard InChI is InChI=1S/C15H16F4N2O3/c1-9-8-20-12(22)6-7-21(9)13(23)10-4-2-3-5-11(10)24-15(18,19)14(16)17/h2-5,9,14H,6-8H2,1H3,(H,20,22). The molecule has 2 amide bonds. The van der Waals surface area contributed by atoms with Crippen molar-refractivity contribution < 1.29 is 31.9 Å². The van der Waals surface area contributed by atoms with E-state index in [1.165, 1.54) is 23.1 Å². The number of ether oxygens (including phenoxy) is 1. The molecule has 1 heterocycles. The van der Waals surface area contributed by atoms with Gasteiger partial charge in [-0.2, -0.15) is 17.6 Å². The number of amides is 2. The highest BCUT2D eigenvalue weighted by molar-refractivity contribution is 5.97. The molecule has 5 nitrogen and oxygen atoms in total. The molecule has 1 aromatic rings. The second-order valence-electron chi connectivity index (χ2n) is 5.36. The van der Waals surface area contributed by atoms with Gasteiger partial charge in [-0.05, 0) is 19.1 Å². The highest BCUT2D eigenvalue weighted by Crippen LogP contribution is 2.30. The first kappa shape index (κ1) is 18.0. The van der Waals surface area contributed by atoms with Crippen LogP contribution in [0, 0.1) is 0 Å². The highest BCUT2D eigenvalue weighted by Gasteiger charge is 2.44. The van der Waals surface area contributed by atoms with Crippen molar-refractivity contribution in [2.24, 2.45) is 0 Å². The molecular formula is C15H16F4N2O3. The fourth-order valence-corrected chi connectivity index (χ4v) is 2.28. The van der Waals surface area contributed by atoms with Gasteiger partial charge in [0, 0.05) is 25.6 Å². The minimum absolute atomic E-state index is 0.0618. The summed E-state index contributed by atoms with van der Waals surface area (Å²) < 4.78 is 55.1. The topological polar surface area (TPSA) is 58.6 Å². The zero-order chi connectivity index (χ0) is 17.9. The summed E-state index contributed by atoms with van der Waals surface area (Å²) in [5.41, 5.74) is -0.265. The number of hydrogen-bond acceptors (Lipinski definition) is 3. The maximum absolute atomic E-state index is 13.2. The summed E-state index contributed by atoms with van der Waals surface area (Å²) in [6.45, 7) is 1.98. The van der Waals surface area contributed by atoms with Gasteiger partial charge in [-0.1, -0.05) is 12.1 Å². The molecule has 0 saturated carbocycles. The molecule has 24 heavy (non-hydrogen) atoms. The summed E-state index contributed by atoms with van der Waals surface area (Å²) in [7, 11) is 0. The predicted octanol–water partition coefficient (Wildman–Crippen LogP) is 2.27. The molecule has 1 saturated heterocycles. The third-order valence-electron chi connectivity index (χ3n) is 3.58. The Morgan fingerprint density at radius 2 is 2.04 bits per heavy atom. The van der Waals surface area contributed by atoms with Gasteiger partial charge in [0.05, 0.1) is 5.56 Å². The Kier molecular flexibility index (Phi) is 5.30. The molecule has 0 spiro atoms. The number of nitrogens with one attached hydrogen (secondary N) is 1. The van der Waals surface area contributed by atoms with Crippen LogP contribution in [0.1, 0.15) is 23.7 Å². The van der Waals surface area contributed by atoms with E-state index >= 15 is 0 Å². The average molecular weight is 348 g/mol. The van der Waals surface area contributed by atoms with Gasteiger partial charge in [0.25, 0.3) is 5.91 Å². The van der Waals surface area contributed by atoms with E-state index in [4.69, 9.17) is 0 Å². The minimum Gasteiger partial charge on any atom is -0.427 e. The fraction of sp³-hybridized carbons (Fsp3) is 0.467. The van der Waals surface area contributed by atoms with Crippen molar-refractivity contribution in [3.8, 4) is 5.75 Å². The van der Waals surface area contributed by atoms with Crippen LogP contribution >= 0.6 is 0 Å². The van der Waals surface area contributed by atoms with Gasteiger partial charge in [0.15, 0.2) is 0 Å². The van der Waals surface area contributed by atoms with E-state index < -0.39 is 24.2 Å². The molecule has 0 aromatic heterocycles. The molecule has 1 aliphatic heterocycles. The van der Waals surface area contributed by atoms with E-state index in [0.717, 1.165) is 6.07 Å². The number of carbonyl (C=O) groups is 2.